The van der Waals surface area contributed by atoms with Crippen LogP contribution < -0.4 is 26.8 Å². The van der Waals surface area contributed by atoms with Crippen LogP contribution in [0.4, 0.5) is 32.0 Å². The minimum absolute atomic E-state index is 0.0221. The van der Waals surface area contributed by atoms with Gasteiger partial charge in [-0.2, -0.15) is 27.1 Å². The van der Waals surface area contributed by atoms with Gasteiger partial charge in [0.2, 0.25) is 11.8 Å². The Bertz CT molecular complexity index is 1720. The molecule has 0 saturated heterocycles. The van der Waals surface area contributed by atoms with Gasteiger partial charge < -0.3 is 31.6 Å². The van der Waals surface area contributed by atoms with Crippen LogP contribution in [0.3, 0.4) is 0 Å². The van der Waals surface area contributed by atoms with E-state index in [2.05, 4.69) is 46.1 Å². The molecule has 1 aromatic heterocycles. The number of alkyl halides is 6. The van der Waals surface area contributed by atoms with Crippen LogP contribution in [0.25, 0.3) is 10.9 Å². The van der Waals surface area contributed by atoms with Crippen molar-refractivity contribution in [1.82, 2.24) is 15.1 Å². The van der Waals surface area contributed by atoms with Crippen molar-refractivity contribution >= 4 is 62.2 Å². The molecule has 2 amide bonds. The Kier molecular flexibility index (Phi) is 10.1. The number of amides is 2. The Morgan fingerprint density at radius 3 is 2.43 bits per heavy atom. The summed E-state index contributed by atoms with van der Waals surface area (Å²) in [6.45, 7) is -3.56. The number of rotatable bonds is 10. The quantitative estimate of drug-likeness (QED) is 0.138. The van der Waals surface area contributed by atoms with Gasteiger partial charge in [0.25, 0.3) is 0 Å². The number of benzene rings is 2. The van der Waals surface area contributed by atoms with Gasteiger partial charge in [0, 0.05) is 21.3 Å². The van der Waals surface area contributed by atoms with Gasteiger partial charge in [0.15, 0.2) is 5.96 Å². The average molecular weight is 722 g/mol. The number of nitrogens with two attached hydrogens (primary N) is 2. The predicted molar refractivity (Wildman–Crippen MR) is 151 cm³/mol. The lowest BCUT2D eigenvalue weighted by Gasteiger charge is -2.26. The van der Waals surface area contributed by atoms with Gasteiger partial charge in [0.1, 0.15) is 18.0 Å². The molecule has 0 bridgehead atoms. The van der Waals surface area contributed by atoms with Crippen LogP contribution in [-0.2, 0) is 19.1 Å². The maximum Gasteiger partial charge on any atom is 0.491 e. The number of primary amides is 2. The molecular formula is C26H22BrF6N7O6. The molecule has 6 N–H and O–H groups in total. The maximum atomic E-state index is 13.6. The molecule has 3 atom stereocenters. The number of nitrogens with one attached hydrogen (secondary N) is 2. The van der Waals surface area contributed by atoms with E-state index in [-0.39, 0.29) is 51.2 Å². The zero-order valence-corrected chi connectivity index (χ0v) is 24.6. The van der Waals surface area contributed by atoms with Crippen LogP contribution in [0.5, 0.6) is 5.75 Å². The van der Waals surface area contributed by atoms with E-state index in [1.807, 2.05) is 0 Å². The SMILES string of the molecule is NC(=O)c1cc(NC2=NCC(F)CN2)c2cnn(C(C(N)=O)[C@@H](CC(=O)OC(=O)C(F)(F)F)c3cc(Br)cc(OC(F)F)c3)c2c1. The van der Waals surface area contributed by atoms with Crippen LogP contribution in [0.15, 0.2) is 46.0 Å². The summed E-state index contributed by atoms with van der Waals surface area (Å²) in [7, 11) is 0. The zero-order valence-electron chi connectivity index (χ0n) is 23.0. The number of hydrogen-bond acceptors (Lipinski definition) is 10. The van der Waals surface area contributed by atoms with E-state index in [1.54, 1.807) is 0 Å². The molecular weight excluding hydrogens is 700 g/mol. The van der Waals surface area contributed by atoms with E-state index in [9.17, 15) is 45.5 Å². The van der Waals surface area contributed by atoms with Gasteiger partial charge in [-0.25, -0.2) is 14.2 Å². The number of hydrogen-bond donors (Lipinski definition) is 4. The molecule has 20 heteroatoms. The number of aliphatic imine (C=N–C) groups is 1. The molecule has 4 rings (SSSR count). The first-order chi connectivity index (χ1) is 21.5. The summed E-state index contributed by atoms with van der Waals surface area (Å²) in [6, 6.07) is 4.01. The first kappa shape index (κ1) is 34.0. The molecule has 246 valence electrons. The lowest BCUT2D eigenvalue weighted by atomic mass is 9.87. The van der Waals surface area contributed by atoms with Crippen molar-refractivity contribution in [2.24, 2.45) is 16.5 Å². The summed E-state index contributed by atoms with van der Waals surface area (Å²) in [5.74, 6) is -8.75. The summed E-state index contributed by atoms with van der Waals surface area (Å²) in [5.41, 5.74) is 11.1. The molecule has 0 spiro atoms. The van der Waals surface area contributed by atoms with E-state index in [1.165, 1.54) is 24.4 Å². The molecule has 1 aliphatic heterocycles. The van der Waals surface area contributed by atoms with Crippen LogP contribution in [0.2, 0.25) is 0 Å². The van der Waals surface area contributed by atoms with Gasteiger partial charge in [0.05, 0.1) is 36.9 Å². The number of halogens is 7. The first-order valence-electron chi connectivity index (χ1n) is 12.9. The summed E-state index contributed by atoms with van der Waals surface area (Å²) < 4.78 is 87.5. The molecule has 3 aromatic rings. The molecule has 2 unspecified atom stereocenters. The molecule has 1 aliphatic rings. The molecule has 2 aromatic carbocycles. The number of carbonyl (C=O) groups excluding carboxylic acids is 4. The third kappa shape index (κ3) is 8.03. The molecule has 13 nitrogen and oxygen atoms in total. The highest BCUT2D eigenvalue weighted by Crippen LogP contribution is 2.39. The zero-order chi connectivity index (χ0) is 33.9. The fraction of sp³-hybridized carbons (Fsp3) is 0.308. The first-order valence-corrected chi connectivity index (χ1v) is 13.7. The highest BCUT2D eigenvalue weighted by molar-refractivity contribution is 9.10. The minimum atomic E-state index is -5.54. The molecule has 2 heterocycles. The Morgan fingerprint density at radius 2 is 1.85 bits per heavy atom. The summed E-state index contributed by atoms with van der Waals surface area (Å²) in [4.78, 5) is 53.3. The van der Waals surface area contributed by atoms with Gasteiger partial charge in [-0.15, -0.1) is 0 Å². The van der Waals surface area contributed by atoms with Crippen molar-refractivity contribution in [2.75, 3.05) is 18.4 Å². The second-order valence-corrected chi connectivity index (χ2v) is 10.6. The number of guanidine groups is 1. The summed E-state index contributed by atoms with van der Waals surface area (Å²) >= 11 is 3.08. The number of aromatic nitrogens is 2. The normalized spacial score (nSPS) is 16.3. The number of fused-ring (bicyclic) bond motifs is 1. The number of ether oxygens (including phenoxy) is 2. The monoisotopic (exact) mass is 721 g/mol. The van der Waals surface area contributed by atoms with Gasteiger partial charge in [-0.1, -0.05) is 15.9 Å². The van der Waals surface area contributed by atoms with E-state index < -0.39 is 66.8 Å². The van der Waals surface area contributed by atoms with E-state index in [4.69, 9.17) is 11.5 Å². The van der Waals surface area contributed by atoms with E-state index in [0.29, 0.717) is 0 Å². The Hall–Kier alpha value is -4.88. The fourth-order valence-electron chi connectivity index (χ4n) is 4.60. The topological polar surface area (TPSA) is 193 Å². The van der Waals surface area contributed by atoms with Crippen LogP contribution in [0, 0.1) is 0 Å². The van der Waals surface area contributed by atoms with Crippen molar-refractivity contribution in [1.29, 1.82) is 0 Å². The smallest absolute Gasteiger partial charge is 0.435 e. The Morgan fingerprint density at radius 1 is 1.13 bits per heavy atom. The van der Waals surface area contributed by atoms with Crippen molar-refractivity contribution < 1.29 is 55.0 Å². The van der Waals surface area contributed by atoms with Gasteiger partial charge in [-0.05, 0) is 35.9 Å². The number of esters is 2. The average Bonchev–Trinajstić information content (AvgIpc) is 3.36. The van der Waals surface area contributed by atoms with Crippen molar-refractivity contribution in [3.8, 4) is 5.75 Å². The van der Waals surface area contributed by atoms with Gasteiger partial charge in [-0.3, -0.25) is 19.1 Å². The van der Waals surface area contributed by atoms with E-state index in [0.717, 1.165) is 16.8 Å². The number of nitrogens with zero attached hydrogens (tertiary/aromatic N) is 3. The largest absolute Gasteiger partial charge is 0.491 e. The van der Waals surface area contributed by atoms with Crippen LogP contribution in [0.1, 0.15) is 34.3 Å². The Balaban J connectivity index is 1.87. The third-order valence-corrected chi connectivity index (χ3v) is 6.96. The highest BCUT2D eigenvalue weighted by atomic mass is 79.9. The summed E-state index contributed by atoms with van der Waals surface area (Å²) in [6.07, 6.45) is -6.72. The lowest BCUT2D eigenvalue weighted by molar-refractivity contribution is -0.202. The second-order valence-electron chi connectivity index (χ2n) is 9.72. The predicted octanol–water partition coefficient (Wildman–Crippen LogP) is 3.04. The van der Waals surface area contributed by atoms with E-state index >= 15 is 0 Å². The standard InChI is InChI=1S/C26H22BrF6N7O6/c27-12-1-10(2-14(5-12)45-24(29)30)15(6-19(41)46-23(44)26(31,32)33)20(22(35)43)40-18-4-11(21(34)42)3-17(16(18)9-38-40)39-25-36-7-13(28)8-37-25/h1-5,9,13,15,20,24H,6-8H2,(H2,34,42)(H2,35,43)(H2,36,37,39)/t15-,20?/m0/s1. The van der Waals surface area contributed by atoms with Crippen molar-refractivity contribution in [3.05, 3.63) is 52.1 Å². The minimum Gasteiger partial charge on any atom is -0.435 e. The third-order valence-electron chi connectivity index (χ3n) is 6.50. The summed E-state index contributed by atoms with van der Waals surface area (Å²) in [5, 5.41) is 9.95. The highest BCUT2D eigenvalue weighted by Gasteiger charge is 2.43. The molecule has 0 radical (unpaired) electrons. The van der Waals surface area contributed by atoms with Crippen LogP contribution >= 0.6 is 15.9 Å². The number of carbonyl (C=O) groups is 4. The molecule has 0 fully saturated rings. The lowest BCUT2D eigenvalue weighted by Crippen LogP contribution is -2.41. The fourth-order valence-corrected chi connectivity index (χ4v) is 5.08. The molecule has 0 aliphatic carbocycles. The Labute approximate surface area is 262 Å². The van der Waals surface area contributed by atoms with Gasteiger partial charge >= 0.3 is 24.7 Å². The van der Waals surface area contributed by atoms with Crippen molar-refractivity contribution in [2.45, 2.75) is 37.3 Å². The van der Waals surface area contributed by atoms with Crippen LogP contribution in [-0.4, -0.2) is 71.5 Å². The molecule has 46 heavy (non-hydrogen) atoms. The number of anilines is 1. The van der Waals surface area contributed by atoms with Crippen molar-refractivity contribution in [3.63, 3.8) is 0 Å². The second kappa shape index (κ2) is 13.6. The maximum absolute atomic E-state index is 13.6. The molecule has 0 saturated carbocycles.